The predicted molar refractivity (Wildman–Crippen MR) is 65.5 cm³/mol. The zero-order valence-corrected chi connectivity index (χ0v) is 11.1. The highest BCUT2D eigenvalue weighted by atomic mass is 16.6. The molecule has 5 nitrogen and oxygen atoms in total. The number of aliphatic hydroxyl groups is 1. The van der Waals surface area contributed by atoms with E-state index >= 15 is 0 Å². The third kappa shape index (κ3) is 3.85. The van der Waals surface area contributed by atoms with Crippen LogP contribution in [0.5, 0.6) is 0 Å². The van der Waals surface area contributed by atoms with Gasteiger partial charge in [-0.25, -0.2) is 4.79 Å². The van der Waals surface area contributed by atoms with Gasteiger partial charge in [-0.15, -0.1) is 0 Å². The molecule has 0 aromatic carbocycles. The van der Waals surface area contributed by atoms with Crippen LogP contribution < -0.4 is 5.73 Å². The lowest BCUT2D eigenvalue weighted by Crippen LogP contribution is -2.53. The Morgan fingerprint density at radius 3 is 2.53 bits per heavy atom. The summed E-state index contributed by atoms with van der Waals surface area (Å²) in [5.74, 6) is -0.0314. The van der Waals surface area contributed by atoms with E-state index in [1.165, 1.54) is 0 Å². The Morgan fingerprint density at radius 2 is 2.06 bits per heavy atom. The molecule has 3 N–H and O–H groups in total. The molecule has 1 aliphatic rings. The molecule has 0 spiro atoms. The summed E-state index contributed by atoms with van der Waals surface area (Å²) in [6.07, 6.45) is -0.756. The quantitative estimate of drug-likeness (QED) is 0.715. The topological polar surface area (TPSA) is 75.8 Å². The van der Waals surface area contributed by atoms with E-state index in [2.05, 4.69) is 0 Å². The van der Waals surface area contributed by atoms with Gasteiger partial charge in [-0.1, -0.05) is 6.92 Å². The Kier molecular flexibility index (Phi) is 4.38. The van der Waals surface area contributed by atoms with Crippen molar-refractivity contribution in [3.05, 3.63) is 0 Å². The summed E-state index contributed by atoms with van der Waals surface area (Å²) in [4.78, 5) is 13.5. The normalized spacial score (nSPS) is 30.2. The van der Waals surface area contributed by atoms with Crippen molar-refractivity contribution in [2.45, 2.75) is 39.4 Å². The second kappa shape index (κ2) is 5.23. The van der Waals surface area contributed by atoms with E-state index in [9.17, 15) is 9.90 Å². The molecule has 0 aromatic heterocycles. The Balaban J connectivity index is 2.63. The second-order valence-corrected chi connectivity index (χ2v) is 5.85. The lowest BCUT2D eigenvalue weighted by atomic mass is 9.87. The SMILES string of the molecule is CC1CN(C(=O)OC(C)(C)C)CC(CN)C1O. The third-order valence-electron chi connectivity index (χ3n) is 2.98. The Bertz CT molecular complexity index is 275. The largest absolute Gasteiger partial charge is 0.444 e. The molecule has 3 atom stereocenters. The van der Waals surface area contributed by atoms with Crippen LogP contribution in [-0.2, 0) is 4.74 Å². The number of nitrogens with zero attached hydrogens (tertiary/aromatic N) is 1. The van der Waals surface area contributed by atoms with Gasteiger partial charge in [-0.3, -0.25) is 0 Å². The molecule has 1 heterocycles. The van der Waals surface area contributed by atoms with Crippen LogP contribution in [0.3, 0.4) is 0 Å². The molecule has 0 aromatic rings. The average molecular weight is 244 g/mol. The molecule has 1 aliphatic heterocycles. The fraction of sp³-hybridized carbons (Fsp3) is 0.917. The number of likely N-dealkylation sites (tertiary alicyclic amines) is 1. The van der Waals surface area contributed by atoms with Gasteiger partial charge in [0.05, 0.1) is 6.10 Å². The summed E-state index contributed by atoms with van der Waals surface area (Å²) in [5, 5.41) is 9.91. The average Bonchev–Trinajstić information content (AvgIpc) is 2.19. The molecule has 100 valence electrons. The maximum absolute atomic E-state index is 11.9. The van der Waals surface area contributed by atoms with Gasteiger partial charge in [0.25, 0.3) is 0 Å². The van der Waals surface area contributed by atoms with E-state index in [1.54, 1.807) is 4.90 Å². The first kappa shape index (κ1) is 14.3. The van der Waals surface area contributed by atoms with E-state index in [0.717, 1.165) is 0 Å². The summed E-state index contributed by atoms with van der Waals surface area (Å²) < 4.78 is 5.32. The van der Waals surface area contributed by atoms with Crippen molar-refractivity contribution in [3.63, 3.8) is 0 Å². The van der Waals surface area contributed by atoms with Gasteiger partial charge in [0.2, 0.25) is 0 Å². The van der Waals surface area contributed by atoms with E-state index in [4.69, 9.17) is 10.5 Å². The highest BCUT2D eigenvalue weighted by Gasteiger charge is 2.35. The zero-order valence-electron chi connectivity index (χ0n) is 11.1. The number of carbonyl (C=O) groups excluding carboxylic acids is 1. The van der Waals surface area contributed by atoms with E-state index in [-0.39, 0.29) is 17.9 Å². The molecular formula is C12H24N2O3. The molecule has 17 heavy (non-hydrogen) atoms. The van der Waals surface area contributed by atoms with Crippen molar-refractivity contribution in [1.29, 1.82) is 0 Å². The highest BCUT2D eigenvalue weighted by Crippen LogP contribution is 2.23. The lowest BCUT2D eigenvalue weighted by molar-refractivity contribution is -0.0294. The Labute approximate surface area is 103 Å². The van der Waals surface area contributed by atoms with Crippen LogP contribution >= 0.6 is 0 Å². The van der Waals surface area contributed by atoms with Crippen LogP contribution in [0.2, 0.25) is 0 Å². The van der Waals surface area contributed by atoms with Gasteiger partial charge in [-0.05, 0) is 27.3 Å². The number of amides is 1. The summed E-state index contributed by atoms with van der Waals surface area (Å²) in [6.45, 7) is 8.81. The molecule has 1 fully saturated rings. The number of hydrogen-bond donors (Lipinski definition) is 2. The molecule has 0 saturated carbocycles. The molecule has 0 bridgehead atoms. The molecule has 5 heteroatoms. The van der Waals surface area contributed by atoms with Crippen LogP contribution in [0.25, 0.3) is 0 Å². The standard InChI is InChI=1S/C12H24N2O3/c1-8-6-14(7-9(5-13)10(8)15)11(16)17-12(2,3)4/h8-10,15H,5-7,13H2,1-4H3. The highest BCUT2D eigenvalue weighted by molar-refractivity contribution is 5.68. The molecule has 0 aliphatic carbocycles. The van der Waals surface area contributed by atoms with Crippen molar-refractivity contribution in [2.75, 3.05) is 19.6 Å². The van der Waals surface area contributed by atoms with Crippen LogP contribution in [0.1, 0.15) is 27.7 Å². The van der Waals surface area contributed by atoms with Crippen LogP contribution in [0.15, 0.2) is 0 Å². The minimum atomic E-state index is -0.491. The van der Waals surface area contributed by atoms with Crippen molar-refractivity contribution >= 4 is 6.09 Å². The number of rotatable bonds is 1. The maximum atomic E-state index is 11.9. The first-order chi connectivity index (χ1) is 7.74. The van der Waals surface area contributed by atoms with Crippen molar-refractivity contribution in [2.24, 2.45) is 17.6 Å². The molecular weight excluding hydrogens is 220 g/mol. The summed E-state index contributed by atoms with van der Waals surface area (Å²) >= 11 is 0. The Hall–Kier alpha value is -0.810. The molecule has 1 rings (SSSR count). The first-order valence-electron chi connectivity index (χ1n) is 6.10. The minimum Gasteiger partial charge on any atom is -0.444 e. The van der Waals surface area contributed by atoms with Gasteiger partial charge in [0.15, 0.2) is 0 Å². The van der Waals surface area contributed by atoms with Gasteiger partial charge in [0, 0.05) is 24.9 Å². The fourth-order valence-electron chi connectivity index (χ4n) is 2.08. The summed E-state index contributed by atoms with van der Waals surface area (Å²) in [7, 11) is 0. The monoisotopic (exact) mass is 244 g/mol. The zero-order chi connectivity index (χ0) is 13.2. The predicted octanol–water partition coefficient (Wildman–Crippen LogP) is 0.809. The van der Waals surface area contributed by atoms with Crippen molar-refractivity contribution in [3.8, 4) is 0 Å². The summed E-state index contributed by atoms with van der Waals surface area (Å²) in [5.41, 5.74) is 5.12. The van der Waals surface area contributed by atoms with Crippen LogP contribution in [0, 0.1) is 11.8 Å². The van der Waals surface area contributed by atoms with Crippen molar-refractivity contribution < 1.29 is 14.6 Å². The van der Waals surface area contributed by atoms with Crippen LogP contribution in [0.4, 0.5) is 4.79 Å². The molecule has 0 radical (unpaired) electrons. The number of aliphatic hydroxyl groups excluding tert-OH is 1. The third-order valence-corrected chi connectivity index (χ3v) is 2.98. The number of hydrogen-bond acceptors (Lipinski definition) is 4. The number of ether oxygens (including phenoxy) is 1. The smallest absolute Gasteiger partial charge is 0.410 e. The second-order valence-electron chi connectivity index (χ2n) is 5.85. The minimum absolute atomic E-state index is 0.0322. The number of carbonyl (C=O) groups is 1. The van der Waals surface area contributed by atoms with E-state index in [1.807, 2.05) is 27.7 Å². The lowest BCUT2D eigenvalue weighted by Gasteiger charge is -2.40. The van der Waals surface area contributed by atoms with Crippen LogP contribution in [-0.4, -0.2) is 47.4 Å². The van der Waals surface area contributed by atoms with Gasteiger partial charge >= 0.3 is 6.09 Å². The molecule has 1 amide bonds. The van der Waals surface area contributed by atoms with Gasteiger partial charge < -0.3 is 20.5 Å². The van der Waals surface area contributed by atoms with Crippen molar-refractivity contribution in [1.82, 2.24) is 4.90 Å². The van der Waals surface area contributed by atoms with Gasteiger partial charge in [0.1, 0.15) is 5.60 Å². The number of nitrogens with two attached hydrogens (primary N) is 1. The van der Waals surface area contributed by atoms with E-state index in [0.29, 0.717) is 19.6 Å². The Morgan fingerprint density at radius 1 is 1.47 bits per heavy atom. The maximum Gasteiger partial charge on any atom is 0.410 e. The number of piperidine rings is 1. The first-order valence-corrected chi connectivity index (χ1v) is 6.10. The molecule has 3 unspecified atom stereocenters. The van der Waals surface area contributed by atoms with E-state index < -0.39 is 11.7 Å². The molecule has 1 saturated heterocycles. The fourth-order valence-corrected chi connectivity index (χ4v) is 2.08. The summed E-state index contributed by atoms with van der Waals surface area (Å²) in [6, 6.07) is 0. The van der Waals surface area contributed by atoms with Gasteiger partial charge in [-0.2, -0.15) is 0 Å².